The second-order valence-electron chi connectivity index (χ2n) is 10.7. The van der Waals surface area contributed by atoms with Crippen LogP contribution < -0.4 is 10.2 Å². The van der Waals surface area contributed by atoms with Crippen molar-refractivity contribution < 1.29 is 49.4 Å². The Morgan fingerprint density at radius 3 is 2.50 bits per heavy atom. The number of fused-ring (bicyclic) bond motifs is 2. The molecule has 12 nitrogen and oxygen atoms in total. The topological polar surface area (TPSA) is 189 Å². The SMILES string of the molecule is C=CCN1C(=O)[C@@]2(O[C@@H](CCO)[C@H]([Si](C)(C)O)[C@H]2C)c2cc(NC(=O)[C@H]3O[C@@H](O)[C@H](O)[C@@H](O)[C@@H]3O)ccc21. The molecule has 0 radical (unpaired) electrons. The van der Waals surface area contributed by atoms with Gasteiger partial charge in [-0.2, -0.15) is 0 Å². The maximum Gasteiger partial charge on any atom is 0.264 e. The van der Waals surface area contributed by atoms with Gasteiger partial charge in [-0.1, -0.05) is 13.0 Å². The molecule has 3 aliphatic rings. The molecular weight excluding hydrogens is 516 g/mol. The molecule has 2 fully saturated rings. The monoisotopic (exact) mass is 552 g/mol. The molecule has 7 N–H and O–H groups in total. The van der Waals surface area contributed by atoms with Gasteiger partial charge in [0.2, 0.25) is 0 Å². The zero-order chi connectivity index (χ0) is 28.2. The number of aliphatic hydroxyl groups is 5. The van der Waals surface area contributed by atoms with Gasteiger partial charge in [0.25, 0.3) is 11.8 Å². The van der Waals surface area contributed by atoms with Crippen molar-refractivity contribution in [3.63, 3.8) is 0 Å². The van der Waals surface area contributed by atoms with Crippen LogP contribution in [0.15, 0.2) is 30.9 Å². The fraction of sp³-hybridized carbons (Fsp3) is 0.600. The molecule has 0 aromatic heterocycles. The molecule has 1 aromatic rings. The lowest BCUT2D eigenvalue weighted by Gasteiger charge is -2.37. The Labute approximate surface area is 221 Å². The molecule has 3 heterocycles. The zero-order valence-electron chi connectivity index (χ0n) is 21.5. The van der Waals surface area contributed by atoms with Crippen LogP contribution in [-0.2, 0) is 24.7 Å². The van der Waals surface area contributed by atoms with Gasteiger partial charge in [0.1, 0.15) is 18.3 Å². The first-order valence-corrected chi connectivity index (χ1v) is 15.6. The Morgan fingerprint density at radius 1 is 1.21 bits per heavy atom. The molecule has 210 valence electrons. The Balaban J connectivity index is 1.73. The van der Waals surface area contributed by atoms with E-state index in [0.717, 1.165) is 0 Å². The first-order valence-electron chi connectivity index (χ1n) is 12.6. The maximum atomic E-state index is 13.9. The number of amides is 2. The van der Waals surface area contributed by atoms with Crippen LogP contribution in [0.5, 0.6) is 0 Å². The van der Waals surface area contributed by atoms with Gasteiger partial charge >= 0.3 is 0 Å². The summed E-state index contributed by atoms with van der Waals surface area (Å²) in [6.07, 6.45) is -7.69. The first kappa shape index (κ1) is 28.8. The van der Waals surface area contributed by atoms with Crippen molar-refractivity contribution in [3.05, 3.63) is 36.4 Å². The predicted molar refractivity (Wildman–Crippen MR) is 137 cm³/mol. The van der Waals surface area contributed by atoms with E-state index < -0.39 is 62.6 Å². The fourth-order valence-electron chi connectivity index (χ4n) is 6.15. The van der Waals surface area contributed by atoms with E-state index in [9.17, 15) is 39.9 Å². The van der Waals surface area contributed by atoms with Crippen LogP contribution in [0.1, 0.15) is 18.9 Å². The van der Waals surface area contributed by atoms with Crippen LogP contribution in [0.2, 0.25) is 18.6 Å². The summed E-state index contributed by atoms with van der Waals surface area (Å²) in [5.74, 6) is -1.68. The summed E-state index contributed by atoms with van der Waals surface area (Å²) in [7, 11) is -2.87. The third-order valence-corrected chi connectivity index (χ3v) is 10.3. The number of aliphatic hydroxyl groups excluding tert-OH is 5. The van der Waals surface area contributed by atoms with Gasteiger partial charge in [-0.05, 0) is 37.7 Å². The molecule has 38 heavy (non-hydrogen) atoms. The van der Waals surface area contributed by atoms with Gasteiger partial charge in [0.05, 0.1) is 11.8 Å². The number of nitrogens with one attached hydrogen (secondary N) is 1. The minimum atomic E-state index is -2.87. The second-order valence-corrected chi connectivity index (χ2v) is 14.7. The summed E-state index contributed by atoms with van der Waals surface area (Å²) >= 11 is 0. The predicted octanol–water partition coefficient (Wildman–Crippen LogP) is -0.862. The van der Waals surface area contributed by atoms with Crippen LogP contribution in [0.25, 0.3) is 0 Å². The van der Waals surface area contributed by atoms with Gasteiger partial charge in [-0.25, -0.2) is 0 Å². The van der Waals surface area contributed by atoms with Gasteiger partial charge in [-0.3, -0.25) is 9.59 Å². The van der Waals surface area contributed by atoms with Crippen LogP contribution in [0, 0.1) is 5.92 Å². The molecule has 0 bridgehead atoms. The molecule has 1 spiro atoms. The number of hydrogen-bond donors (Lipinski definition) is 7. The minimum absolute atomic E-state index is 0.182. The standard InChI is InChI=1S/C25H36N2O10Si/c1-5-9-27-15-7-6-13(26-22(32)20-18(30)17(29)19(31)23(33)36-20)11-14(15)25(24(27)34)12(2)21(38(3,4)35)16(37-25)8-10-28/h5-7,11-12,16-21,23,28-31,33,35H,1,8-10H2,2-4H3,(H,26,32)/t12-,16+,17+,18+,19-,20+,21-,23-,25+/m1/s1. The average molecular weight is 553 g/mol. The number of carbonyl (C=O) groups excluding carboxylic acids is 2. The van der Waals surface area contributed by atoms with Gasteiger partial charge in [0, 0.05) is 35.9 Å². The highest BCUT2D eigenvalue weighted by atomic mass is 28.4. The summed E-state index contributed by atoms with van der Waals surface area (Å²) < 4.78 is 11.5. The lowest BCUT2D eigenvalue weighted by atomic mass is 9.82. The van der Waals surface area contributed by atoms with E-state index in [0.29, 0.717) is 11.3 Å². The molecule has 4 rings (SSSR count). The number of nitrogens with zero attached hydrogens (tertiary/aromatic N) is 1. The second kappa shape index (κ2) is 10.4. The number of carbonyl (C=O) groups is 2. The summed E-state index contributed by atoms with van der Waals surface area (Å²) in [4.78, 5) is 39.5. The van der Waals surface area contributed by atoms with E-state index in [2.05, 4.69) is 11.9 Å². The minimum Gasteiger partial charge on any atom is -0.432 e. The number of hydrogen-bond acceptors (Lipinski definition) is 10. The fourth-order valence-corrected chi connectivity index (χ4v) is 8.76. The first-order chi connectivity index (χ1) is 17.8. The molecule has 13 heteroatoms. The van der Waals surface area contributed by atoms with Crippen molar-refractivity contribution >= 4 is 31.5 Å². The number of rotatable bonds is 7. The quantitative estimate of drug-likeness (QED) is 0.166. The molecule has 0 unspecified atom stereocenters. The smallest absolute Gasteiger partial charge is 0.264 e. The molecule has 2 saturated heterocycles. The molecular formula is C25H36N2O10Si. The highest BCUT2D eigenvalue weighted by molar-refractivity contribution is 6.71. The van der Waals surface area contributed by atoms with Crippen LogP contribution in [0.4, 0.5) is 11.4 Å². The summed E-state index contributed by atoms with van der Waals surface area (Å²) in [5, 5.41) is 51.9. The third kappa shape index (κ3) is 4.51. The molecule has 0 saturated carbocycles. The van der Waals surface area contributed by atoms with Crippen molar-refractivity contribution in [2.24, 2.45) is 5.92 Å². The summed E-state index contributed by atoms with van der Waals surface area (Å²) in [6.45, 7) is 9.15. The Kier molecular flexibility index (Phi) is 7.89. The molecule has 1 aromatic carbocycles. The summed E-state index contributed by atoms with van der Waals surface area (Å²) in [5.41, 5.74) is -0.602. The zero-order valence-corrected chi connectivity index (χ0v) is 22.5. The van der Waals surface area contributed by atoms with Crippen molar-refractivity contribution in [1.82, 2.24) is 0 Å². The van der Waals surface area contributed by atoms with Crippen LogP contribution >= 0.6 is 0 Å². The van der Waals surface area contributed by atoms with Gasteiger partial charge in [0.15, 0.2) is 26.3 Å². The van der Waals surface area contributed by atoms with Crippen LogP contribution in [-0.4, -0.2) is 100 Å². The van der Waals surface area contributed by atoms with Crippen molar-refractivity contribution in [2.45, 2.75) is 74.4 Å². The third-order valence-electron chi connectivity index (χ3n) is 7.82. The Bertz CT molecular complexity index is 1100. The van der Waals surface area contributed by atoms with Gasteiger partial charge in [-0.15, -0.1) is 6.58 Å². The van der Waals surface area contributed by atoms with Crippen molar-refractivity contribution in [2.75, 3.05) is 23.4 Å². The molecule has 3 aliphatic heterocycles. The van der Waals surface area contributed by atoms with E-state index in [4.69, 9.17) is 9.47 Å². The number of benzene rings is 1. The Morgan fingerprint density at radius 2 is 1.89 bits per heavy atom. The highest BCUT2D eigenvalue weighted by Crippen LogP contribution is 2.59. The largest absolute Gasteiger partial charge is 0.432 e. The normalized spacial score (nSPS) is 37.0. The van der Waals surface area contributed by atoms with E-state index >= 15 is 0 Å². The number of ether oxygens (including phenoxy) is 2. The van der Waals surface area contributed by atoms with E-state index in [1.807, 2.05) is 6.92 Å². The lowest BCUT2D eigenvalue weighted by molar-refractivity contribution is -0.274. The van der Waals surface area contributed by atoms with E-state index in [1.165, 1.54) is 4.90 Å². The van der Waals surface area contributed by atoms with Crippen molar-refractivity contribution in [1.29, 1.82) is 0 Å². The van der Waals surface area contributed by atoms with E-state index in [-0.39, 0.29) is 36.7 Å². The highest BCUT2D eigenvalue weighted by Gasteiger charge is 2.66. The molecule has 0 aliphatic carbocycles. The lowest BCUT2D eigenvalue weighted by Crippen LogP contribution is -2.60. The van der Waals surface area contributed by atoms with Crippen molar-refractivity contribution in [3.8, 4) is 0 Å². The van der Waals surface area contributed by atoms with Crippen LogP contribution in [0.3, 0.4) is 0 Å². The average Bonchev–Trinajstić information content (AvgIpc) is 3.27. The summed E-state index contributed by atoms with van der Waals surface area (Å²) in [6, 6.07) is 4.76. The van der Waals surface area contributed by atoms with Gasteiger partial charge < -0.3 is 50.0 Å². The number of anilines is 2. The molecule has 2 amide bonds. The van der Waals surface area contributed by atoms with E-state index in [1.54, 1.807) is 37.4 Å². The molecule has 9 atom stereocenters. The maximum absolute atomic E-state index is 13.9. The Hall–Kier alpha value is -2.20.